The van der Waals surface area contributed by atoms with E-state index in [1.807, 2.05) is 0 Å². The van der Waals surface area contributed by atoms with Gasteiger partial charge >= 0.3 is 12.1 Å². The van der Waals surface area contributed by atoms with Crippen molar-refractivity contribution in [3.63, 3.8) is 0 Å². The molecule has 1 unspecified atom stereocenters. The van der Waals surface area contributed by atoms with Crippen molar-refractivity contribution in [3.8, 4) is 0 Å². The maximum atomic E-state index is 14.5. The number of anilines is 1. The van der Waals surface area contributed by atoms with Gasteiger partial charge in [-0.3, -0.25) is 9.59 Å². The number of nitrogens with one attached hydrogen (secondary N) is 1. The van der Waals surface area contributed by atoms with Crippen LogP contribution >= 0.6 is 23.2 Å². The summed E-state index contributed by atoms with van der Waals surface area (Å²) < 4.78 is 54.9. The summed E-state index contributed by atoms with van der Waals surface area (Å²) >= 11 is 11.8. The summed E-state index contributed by atoms with van der Waals surface area (Å²) in [5, 5.41) is 11.5. The zero-order chi connectivity index (χ0) is 23.5. The molecule has 0 aliphatic heterocycles. The molecule has 1 aromatic rings. The van der Waals surface area contributed by atoms with Crippen LogP contribution < -0.4 is 5.32 Å². The average Bonchev–Trinajstić information content (AvgIpc) is 2.65. The number of aliphatic carboxylic acids is 1. The number of carboxylic acids is 1. The maximum Gasteiger partial charge on any atom is 0.392 e. The Morgan fingerprint density at radius 2 is 1.90 bits per heavy atom. The molecule has 1 amide bonds. The van der Waals surface area contributed by atoms with Gasteiger partial charge in [-0.1, -0.05) is 49.2 Å². The Labute approximate surface area is 186 Å². The van der Waals surface area contributed by atoms with Crippen LogP contribution in [0.15, 0.2) is 41.2 Å². The van der Waals surface area contributed by atoms with E-state index in [0.717, 1.165) is 13.0 Å². The highest BCUT2D eigenvalue weighted by Crippen LogP contribution is 2.42. The topological polar surface area (TPSA) is 66.4 Å². The minimum Gasteiger partial charge on any atom is -0.481 e. The molecule has 0 saturated heterocycles. The lowest BCUT2D eigenvalue weighted by atomic mass is 9.77. The van der Waals surface area contributed by atoms with E-state index in [-0.39, 0.29) is 28.6 Å². The predicted molar refractivity (Wildman–Crippen MR) is 111 cm³/mol. The van der Waals surface area contributed by atoms with Crippen LogP contribution in [0.25, 0.3) is 0 Å². The van der Waals surface area contributed by atoms with Gasteiger partial charge in [0, 0.05) is 11.0 Å². The lowest BCUT2D eigenvalue weighted by molar-refractivity contribution is -0.189. The van der Waals surface area contributed by atoms with Crippen molar-refractivity contribution in [2.24, 2.45) is 23.7 Å². The van der Waals surface area contributed by atoms with Crippen LogP contribution in [0.5, 0.6) is 0 Å². The van der Waals surface area contributed by atoms with Crippen molar-refractivity contribution >= 4 is 40.8 Å². The Bertz CT molecular complexity index is 914. The highest BCUT2D eigenvalue weighted by Gasteiger charge is 2.48. The first-order valence-corrected chi connectivity index (χ1v) is 10.2. The van der Waals surface area contributed by atoms with Crippen molar-refractivity contribution in [3.05, 3.63) is 51.8 Å². The number of halogens is 6. The lowest BCUT2D eigenvalue weighted by Gasteiger charge is -2.32. The summed E-state index contributed by atoms with van der Waals surface area (Å²) in [6, 6.07) is 4.37. The Balaban J connectivity index is 2.34. The summed E-state index contributed by atoms with van der Waals surface area (Å²) in [5.74, 6) is -8.94. The fourth-order valence-corrected chi connectivity index (χ4v) is 3.74. The molecule has 0 heterocycles. The third-order valence-electron chi connectivity index (χ3n) is 5.24. The van der Waals surface area contributed by atoms with Crippen molar-refractivity contribution in [1.29, 1.82) is 0 Å². The smallest absolute Gasteiger partial charge is 0.392 e. The highest BCUT2D eigenvalue weighted by atomic mass is 35.5. The van der Waals surface area contributed by atoms with Crippen LogP contribution in [0.2, 0.25) is 5.02 Å². The molecular formula is C21H21Cl2F4NO3. The summed E-state index contributed by atoms with van der Waals surface area (Å²) in [4.78, 5) is 24.0. The van der Waals surface area contributed by atoms with Gasteiger partial charge in [-0.15, -0.1) is 0 Å². The van der Waals surface area contributed by atoms with Gasteiger partial charge < -0.3 is 10.4 Å². The maximum absolute atomic E-state index is 14.5. The average molecular weight is 482 g/mol. The van der Waals surface area contributed by atoms with Crippen LogP contribution in [0, 0.1) is 23.7 Å². The number of alkyl halides is 3. The van der Waals surface area contributed by atoms with Crippen molar-refractivity contribution in [1.82, 2.24) is 0 Å². The van der Waals surface area contributed by atoms with Gasteiger partial charge in [0.15, 0.2) is 0 Å². The normalized spacial score (nSPS) is 19.7. The van der Waals surface area contributed by atoms with E-state index >= 15 is 0 Å². The fourth-order valence-electron chi connectivity index (χ4n) is 3.38. The number of rotatable bonds is 7. The number of hydrogen-bond donors (Lipinski definition) is 2. The highest BCUT2D eigenvalue weighted by molar-refractivity contribution is 6.33. The number of carbonyl (C=O) groups excluding carboxylic acids is 1. The fraction of sp³-hybridized carbons (Fsp3) is 0.429. The number of amides is 1. The molecule has 0 bridgehead atoms. The monoisotopic (exact) mass is 481 g/mol. The van der Waals surface area contributed by atoms with Crippen LogP contribution in [0.4, 0.5) is 23.2 Å². The van der Waals surface area contributed by atoms with E-state index in [9.17, 15) is 27.2 Å². The van der Waals surface area contributed by atoms with Gasteiger partial charge in [0.2, 0.25) is 5.91 Å². The van der Waals surface area contributed by atoms with Crippen LogP contribution in [-0.2, 0) is 16.0 Å². The third kappa shape index (κ3) is 6.46. The third-order valence-corrected chi connectivity index (χ3v) is 5.83. The Hall–Kier alpha value is -2.06. The molecule has 1 aliphatic rings. The minimum atomic E-state index is -4.74. The summed E-state index contributed by atoms with van der Waals surface area (Å²) in [7, 11) is 0. The lowest BCUT2D eigenvalue weighted by Crippen LogP contribution is -2.41. The van der Waals surface area contributed by atoms with Crippen molar-refractivity contribution in [2.75, 3.05) is 5.32 Å². The molecule has 170 valence electrons. The molecule has 2 rings (SSSR count). The number of carbonyl (C=O) groups is 2. The standard InChI is InChI=1S/C21H21Cl2F4NO3/c1-10(20(30)31)7-12-3-6-15(23)17(8-12)28-19(29)18(11(2)21(25,26)27)14-5-4-13(22)9-16(14)24/h3-4,6,8-11,14,18H,5,7H2,1-2H3,(H,28,29)(H,30,31)/t10-,11+,14?,18-/m0/s1. The second-order valence-corrected chi connectivity index (χ2v) is 8.41. The van der Waals surface area contributed by atoms with E-state index in [1.165, 1.54) is 25.1 Å². The first-order chi connectivity index (χ1) is 14.3. The summed E-state index contributed by atoms with van der Waals surface area (Å²) in [6.45, 7) is 2.32. The zero-order valence-electron chi connectivity index (χ0n) is 16.6. The van der Waals surface area contributed by atoms with Crippen molar-refractivity contribution in [2.45, 2.75) is 32.9 Å². The Morgan fingerprint density at radius 3 is 2.45 bits per heavy atom. The molecule has 1 aliphatic carbocycles. The molecule has 0 spiro atoms. The summed E-state index contributed by atoms with van der Waals surface area (Å²) in [6.07, 6.45) is -2.51. The van der Waals surface area contributed by atoms with Crippen LogP contribution in [0.1, 0.15) is 25.8 Å². The number of benzene rings is 1. The first kappa shape index (κ1) is 25.2. The van der Waals surface area contributed by atoms with Crippen LogP contribution in [0.3, 0.4) is 0 Å². The van der Waals surface area contributed by atoms with Gasteiger partial charge in [-0.25, -0.2) is 4.39 Å². The van der Waals surface area contributed by atoms with E-state index in [4.69, 9.17) is 28.3 Å². The molecule has 4 nitrogen and oxygen atoms in total. The molecule has 4 atom stereocenters. The Kier molecular flexibility index (Phi) is 8.16. The second-order valence-electron chi connectivity index (χ2n) is 7.56. The SMILES string of the molecule is C[C@H]([C@H](C(=O)Nc1cc(C[C@H](C)C(=O)O)ccc1Cl)C1CC=C(Cl)C=C1F)C(F)(F)F. The number of carboxylic acid groups (broad SMARTS) is 1. The molecule has 0 saturated carbocycles. The number of hydrogen-bond acceptors (Lipinski definition) is 2. The van der Waals surface area contributed by atoms with E-state index in [1.54, 1.807) is 6.07 Å². The molecule has 0 aromatic heterocycles. The van der Waals surface area contributed by atoms with Crippen molar-refractivity contribution < 1.29 is 32.3 Å². The first-order valence-electron chi connectivity index (χ1n) is 9.42. The largest absolute Gasteiger partial charge is 0.481 e. The van der Waals surface area contributed by atoms with Gasteiger partial charge in [0.05, 0.1) is 28.5 Å². The van der Waals surface area contributed by atoms with Crippen LogP contribution in [-0.4, -0.2) is 23.2 Å². The molecule has 1 aromatic carbocycles. The van der Waals surface area contributed by atoms with E-state index in [2.05, 4.69) is 5.32 Å². The molecule has 0 fully saturated rings. The molecule has 31 heavy (non-hydrogen) atoms. The van der Waals surface area contributed by atoms with Gasteiger partial charge in [-0.2, -0.15) is 13.2 Å². The molecule has 10 heteroatoms. The second kappa shape index (κ2) is 10.0. The Morgan fingerprint density at radius 1 is 1.26 bits per heavy atom. The van der Waals surface area contributed by atoms with E-state index in [0.29, 0.717) is 5.56 Å². The zero-order valence-corrected chi connectivity index (χ0v) is 18.2. The van der Waals surface area contributed by atoms with Gasteiger partial charge in [-0.05, 0) is 36.6 Å². The molecule has 2 N–H and O–H groups in total. The summed E-state index contributed by atoms with van der Waals surface area (Å²) in [5.41, 5.74) is 0.545. The minimum absolute atomic E-state index is 0.0231. The quantitative estimate of drug-likeness (QED) is 0.445. The predicted octanol–water partition coefficient (Wildman–Crippen LogP) is 6.35. The van der Waals surface area contributed by atoms with Gasteiger partial charge in [0.25, 0.3) is 0 Å². The van der Waals surface area contributed by atoms with E-state index < -0.39 is 47.6 Å². The molecular weight excluding hydrogens is 461 g/mol. The number of allylic oxidation sites excluding steroid dienone is 4. The molecule has 0 radical (unpaired) electrons. The van der Waals surface area contributed by atoms with Gasteiger partial charge in [0.1, 0.15) is 5.83 Å².